The highest BCUT2D eigenvalue weighted by atomic mass is 35.5. The summed E-state index contributed by atoms with van der Waals surface area (Å²) in [5.41, 5.74) is 2.19. The van der Waals surface area contributed by atoms with E-state index >= 15 is 0 Å². The summed E-state index contributed by atoms with van der Waals surface area (Å²) < 4.78 is 5.40. The first-order valence-electron chi connectivity index (χ1n) is 5.06. The predicted molar refractivity (Wildman–Crippen MR) is 64.6 cm³/mol. The van der Waals surface area contributed by atoms with E-state index in [2.05, 4.69) is 11.8 Å². The van der Waals surface area contributed by atoms with Crippen molar-refractivity contribution in [3.8, 4) is 17.6 Å². The largest absolute Gasteiger partial charge is 0.494 e. The molecule has 0 atom stereocenters. The minimum Gasteiger partial charge on any atom is -0.494 e. The zero-order chi connectivity index (χ0) is 11.1. The minimum atomic E-state index is 0.586. The zero-order valence-corrected chi connectivity index (χ0v) is 9.90. The van der Waals surface area contributed by atoms with Gasteiger partial charge >= 0.3 is 0 Å². The second-order valence-electron chi connectivity index (χ2n) is 3.15. The fraction of sp³-hybridized carbons (Fsp3) is 0.385. The number of rotatable bonds is 3. The molecule has 0 heterocycles. The van der Waals surface area contributed by atoms with E-state index in [9.17, 15) is 0 Å². The monoisotopic (exact) mass is 222 g/mol. The Hall–Kier alpha value is -1.13. The molecule has 1 nitrogen and oxygen atoms in total. The van der Waals surface area contributed by atoms with Gasteiger partial charge in [-0.2, -0.15) is 0 Å². The number of halogens is 1. The van der Waals surface area contributed by atoms with Crippen LogP contribution in [0, 0.1) is 18.8 Å². The van der Waals surface area contributed by atoms with Crippen LogP contribution < -0.4 is 4.74 Å². The Morgan fingerprint density at radius 3 is 2.80 bits per heavy atom. The molecule has 0 unspecified atom stereocenters. The van der Waals surface area contributed by atoms with Crippen LogP contribution in [0.3, 0.4) is 0 Å². The summed E-state index contributed by atoms with van der Waals surface area (Å²) in [6.07, 6.45) is 0.730. The first-order chi connectivity index (χ1) is 7.27. The number of hydrogen-bond acceptors (Lipinski definition) is 1. The Morgan fingerprint density at radius 1 is 1.40 bits per heavy atom. The molecule has 1 aromatic rings. The van der Waals surface area contributed by atoms with Gasteiger partial charge in [0.15, 0.2) is 0 Å². The van der Waals surface area contributed by atoms with Crippen LogP contribution in [0.15, 0.2) is 18.2 Å². The lowest BCUT2D eigenvalue weighted by Crippen LogP contribution is -1.92. The molecule has 80 valence electrons. The molecule has 2 heteroatoms. The summed E-state index contributed by atoms with van der Waals surface area (Å²) in [6, 6.07) is 5.94. The second kappa shape index (κ2) is 6.37. The van der Waals surface area contributed by atoms with E-state index in [4.69, 9.17) is 16.3 Å². The van der Waals surface area contributed by atoms with E-state index in [-0.39, 0.29) is 0 Å². The molecule has 0 spiro atoms. The van der Waals surface area contributed by atoms with Crippen LogP contribution in [0.5, 0.6) is 5.75 Å². The van der Waals surface area contributed by atoms with Crippen LogP contribution in [0.2, 0.25) is 0 Å². The lowest BCUT2D eigenvalue weighted by Gasteiger charge is -2.04. The van der Waals surface area contributed by atoms with Gasteiger partial charge < -0.3 is 4.74 Å². The average Bonchev–Trinajstić information content (AvgIpc) is 2.22. The van der Waals surface area contributed by atoms with E-state index in [1.54, 1.807) is 0 Å². The summed E-state index contributed by atoms with van der Waals surface area (Å²) in [7, 11) is 0. The van der Waals surface area contributed by atoms with E-state index in [1.807, 2.05) is 32.0 Å². The van der Waals surface area contributed by atoms with Crippen molar-refractivity contribution in [1.82, 2.24) is 0 Å². The normalized spacial score (nSPS) is 9.27. The summed E-state index contributed by atoms with van der Waals surface area (Å²) in [6.45, 7) is 4.70. The third-order valence-electron chi connectivity index (χ3n) is 1.95. The third kappa shape index (κ3) is 3.85. The molecule has 0 saturated heterocycles. The van der Waals surface area contributed by atoms with Gasteiger partial charge in [0.05, 0.1) is 6.61 Å². The number of alkyl halides is 1. The molecule has 0 radical (unpaired) electrons. The van der Waals surface area contributed by atoms with E-state index < -0.39 is 0 Å². The van der Waals surface area contributed by atoms with Crippen LogP contribution in [-0.4, -0.2) is 12.5 Å². The maximum absolute atomic E-state index is 5.55. The molecule has 0 amide bonds. The van der Waals surface area contributed by atoms with Gasteiger partial charge in [0.1, 0.15) is 5.75 Å². The Morgan fingerprint density at radius 2 is 2.20 bits per heavy atom. The van der Waals surface area contributed by atoms with E-state index in [0.717, 1.165) is 23.3 Å². The third-order valence-corrected chi connectivity index (χ3v) is 2.14. The van der Waals surface area contributed by atoms with Gasteiger partial charge in [-0.25, -0.2) is 0 Å². The lowest BCUT2D eigenvalue weighted by atomic mass is 10.1. The van der Waals surface area contributed by atoms with Crippen molar-refractivity contribution in [1.29, 1.82) is 0 Å². The van der Waals surface area contributed by atoms with Crippen LogP contribution >= 0.6 is 11.6 Å². The van der Waals surface area contributed by atoms with Gasteiger partial charge in [0.25, 0.3) is 0 Å². The Labute approximate surface area is 96.4 Å². The number of aryl methyl sites for hydroxylation is 1. The minimum absolute atomic E-state index is 0.586. The molecule has 0 saturated carbocycles. The number of ether oxygens (including phenoxy) is 1. The van der Waals surface area contributed by atoms with Crippen molar-refractivity contribution < 1.29 is 4.74 Å². The topological polar surface area (TPSA) is 9.23 Å². The Kier molecular flexibility index (Phi) is 5.07. The molecular weight excluding hydrogens is 208 g/mol. The fourth-order valence-corrected chi connectivity index (χ4v) is 1.33. The van der Waals surface area contributed by atoms with E-state index in [1.165, 1.54) is 0 Å². The van der Waals surface area contributed by atoms with Gasteiger partial charge in [-0.05, 0) is 37.6 Å². The average molecular weight is 223 g/mol. The van der Waals surface area contributed by atoms with Gasteiger partial charge in [0, 0.05) is 17.9 Å². The molecule has 0 aromatic heterocycles. The first kappa shape index (κ1) is 11.9. The summed E-state index contributed by atoms with van der Waals surface area (Å²) in [5, 5.41) is 0. The highest BCUT2D eigenvalue weighted by Gasteiger charge is 1.97. The Balaban J connectivity index is 2.80. The molecular formula is C13H15ClO. The van der Waals surface area contributed by atoms with E-state index in [0.29, 0.717) is 12.5 Å². The molecule has 15 heavy (non-hydrogen) atoms. The molecule has 0 bridgehead atoms. The fourth-order valence-electron chi connectivity index (χ4n) is 1.24. The van der Waals surface area contributed by atoms with Crippen LogP contribution in [0.4, 0.5) is 0 Å². The van der Waals surface area contributed by atoms with Crippen LogP contribution in [0.1, 0.15) is 24.5 Å². The zero-order valence-electron chi connectivity index (χ0n) is 9.14. The molecule has 0 N–H and O–H groups in total. The van der Waals surface area contributed by atoms with Gasteiger partial charge in [-0.15, -0.1) is 11.6 Å². The highest BCUT2D eigenvalue weighted by molar-refractivity contribution is 6.18. The molecule has 1 aromatic carbocycles. The van der Waals surface area contributed by atoms with Crippen molar-refractivity contribution in [2.24, 2.45) is 0 Å². The second-order valence-corrected chi connectivity index (χ2v) is 3.53. The van der Waals surface area contributed by atoms with Crippen LogP contribution in [-0.2, 0) is 0 Å². The quantitative estimate of drug-likeness (QED) is 0.563. The number of hydrogen-bond donors (Lipinski definition) is 0. The van der Waals surface area contributed by atoms with Crippen LogP contribution in [0.25, 0.3) is 0 Å². The summed E-state index contributed by atoms with van der Waals surface area (Å²) in [4.78, 5) is 0. The SMILES string of the molecule is CCOc1ccc(C#CCCCl)c(C)c1. The molecule has 1 rings (SSSR count). The van der Waals surface area contributed by atoms with Gasteiger partial charge in [0.2, 0.25) is 0 Å². The Bertz CT molecular complexity index is 374. The van der Waals surface area contributed by atoms with Crippen molar-refractivity contribution in [2.45, 2.75) is 20.3 Å². The maximum atomic E-state index is 5.55. The van der Waals surface area contributed by atoms with Gasteiger partial charge in [-0.1, -0.05) is 11.8 Å². The maximum Gasteiger partial charge on any atom is 0.119 e. The van der Waals surface area contributed by atoms with Crippen molar-refractivity contribution >= 4 is 11.6 Å². The molecule has 0 fully saturated rings. The molecule has 0 aliphatic heterocycles. The summed E-state index contributed by atoms with van der Waals surface area (Å²) >= 11 is 5.55. The lowest BCUT2D eigenvalue weighted by molar-refractivity contribution is 0.340. The van der Waals surface area contributed by atoms with Crippen molar-refractivity contribution in [3.63, 3.8) is 0 Å². The highest BCUT2D eigenvalue weighted by Crippen LogP contribution is 2.16. The van der Waals surface area contributed by atoms with Crippen molar-refractivity contribution in [3.05, 3.63) is 29.3 Å². The van der Waals surface area contributed by atoms with Gasteiger partial charge in [-0.3, -0.25) is 0 Å². The standard InChI is InChI=1S/C13H15ClO/c1-3-15-13-8-7-12(11(2)10-13)6-4-5-9-14/h7-8,10H,3,5,9H2,1-2H3. The molecule has 0 aliphatic rings. The first-order valence-corrected chi connectivity index (χ1v) is 5.59. The van der Waals surface area contributed by atoms with Crippen molar-refractivity contribution in [2.75, 3.05) is 12.5 Å². The molecule has 0 aliphatic carbocycles. The smallest absolute Gasteiger partial charge is 0.119 e. The predicted octanol–water partition coefficient (Wildman–Crippen LogP) is 3.37. The number of benzene rings is 1. The summed E-state index contributed by atoms with van der Waals surface area (Å²) in [5.74, 6) is 7.60.